The first kappa shape index (κ1) is 19.4. The molecular formula is C22H17NO4S2. The number of carbonyl (C=O) groups is 2. The van der Waals surface area contributed by atoms with E-state index in [0.29, 0.717) is 5.75 Å². The Morgan fingerprint density at radius 1 is 1.03 bits per heavy atom. The number of esters is 2. The van der Waals surface area contributed by atoms with Gasteiger partial charge in [-0.05, 0) is 35.0 Å². The predicted octanol–water partition coefficient (Wildman–Crippen LogP) is 5.07. The molecule has 0 unspecified atom stereocenters. The number of para-hydroxylation sites is 1. The first-order valence-corrected chi connectivity index (χ1v) is 10.8. The van der Waals surface area contributed by atoms with Gasteiger partial charge in [-0.15, -0.1) is 23.1 Å². The maximum absolute atomic E-state index is 12.4. The molecule has 0 bridgehead atoms. The van der Waals surface area contributed by atoms with Crippen LogP contribution in [-0.4, -0.2) is 29.8 Å². The Morgan fingerprint density at radius 2 is 1.76 bits per heavy atom. The molecule has 1 aromatic heterocycles. The number of aromatic nitrogens is 1. The number of hydrogen-bond donors (Lipinski definition) is 0. The van der Waals surface area contributed by atoms with Gasteiger partial charge in [0.15, 0.2) is 0 Å². The summed E-state index contributed by atoms with van der Waals surface area (Å²) < 4.78 is 11.5. The minimum Gasteiger partial charge on any atom is -0.465 e. The van der Waals surface area contributed by atoms with E-state index in [9.17, 15) is 9.59 Å². The van der Waals surface area contributed by atoms with Crippen molar-refractivity contribution < 1.29 is 19.1 Å². The van der Waals surface area contributed by atoms with Crippen LogP contribution in [0, 0.1) is 0 Å². The SMILES string of the molecule is COC(=O)c1cc2ccccc2cc1OC(=O)CSCc1nc2ccccc2s1. The highest BCUT2D eigenvalue weighted by molar-refractivity contribution is 7.99. The van der Waals surface area contributed by atoms with Crippen LogP contribution in [0.25, 0.3) is 21.0 Å². The zero-order chi connectivity index (χ0) is 20.2. The van der Waals surface area contributed by atoms with Gasteiger partial charge in [0.05, 0.1) is 23.1 Å². The van der Waals surface area contributed by atoms with Gasteiger partial charge in [-0.3, -0.25) is 4.79 Å². The van der Waals surface area contributed by atoms with Crippen molar-refractivity contribution in [1.82, 2.24) is 4.98 Å². The number of thioether (sulfide) groups is 1. The highest BCUT2D eigenvalue weighted by Gasteiger charge is 2.17. The van der Waals surface area contributed by atoms with Crippen LogP contribution in [0.1, 0.15) is 15.4 Å². The number of fused-ring (bicyclic) bond motifs is 2. The third-order valence-corrected chi connectivity index (χ3v) is 6.40. The minimum atomic E-state index is -0.541. The lowest BCUT2D eigenvalue weighted by atomic mass is 10.1. The summed E-state index contributed by atoms with van der Waals surface area (Å²) in [5.74, 6) is 0.0257. The van der Waals surface area contributed by atoms with Gasteiger partial charge in [-0.1, -0.05) is 36.4 Å². The standard InChI is InChI=1S/C22H17NO4S2/c1-26-22(25)16-10-14-6-2-3-7-15(14)11-18(16)27-21(24)13-28-12-20-23-17-8-4-5-9-19(17)29-20/h2-11H,12-13H2,1H3. The summed E-state index contributed by atoms with van der Waals surface area (Å²) in [6, 6.07) is 18.9. The second kappa shape index (κ2) is 8.63. The van der Waals surface area contributed by atoms with E-state index in [1.807, 2.05) is 48.5 Å². The second-order valence-electron chi connectivity index (χ2n) is 6.23. The van der Waals surface area contributed by atoms with Crippen LogP contribution in [0.4, 0.5) is 0 Å². The van der Waals surface area contributed by atoms with Gasteiger partial charge < -0.3 is 9.47 Å². The molecule has 4 rings (SSSR count). The van der Waals surface area contributed by atoms with Crippen molar-refractivity contribution in [3.05, 3.63) is 71.2 Å². The molecule has 7 heteroatoms. The zero-order valence-corrected chi connectivity index (χ0v) is 17.2. The van der Waals surface area contributed by atoms with E-state index in [1.165, 1.54) is 18.9 Å². The summed E-state index contributed by atoms with van der Waals surface area (Å²) in [4.78, 5) is 29.0. The Kier molecular flexibility index (Phi) is 5.78. The van der Waals surface area contributed by atoms with Gasteiger partial charge in [0.25, 0.3) is 0 Å². The molecule has 1 heterocycles. The van der Waals surface area contributed by atoms with Crippen molar-refractivity contribution in [1.29, 1.82) is 0 Å². The Bertz CT molecular complexity index is 1170. The molecule has 146 valence electrons. The van der Waals surface area contributed by atoms with Crippen molar-refractivity contribution in [2.75, 3.05) is 12.9 Å². The van der Waals surface area contributed by atoms with Crippen LogP contribution in [-0.2, 0) is 15.3 Å². The highest BCUT2D eigenvalue weighted by atomic mass is 32.2. The predicted molar refractivity (Wildman–Crippen MR) is 117 cm³/mol. The lowest BCUT2D eigenvalue weighted by Gasteiger charge is -2.10. The fourth-order valence-electron chi connectivity index (χ4n) is 2.93. The number of ether oxygens (including phenoxy) is 2. The van der Waals surface area contributed by atoms with Gasteiger partial charge in [-0.2, -0.15) is 0 Å². The molecule has 0 N–H and O–H groups in total. The average Bonchev–Trinajstić information content (AvgIpc) is 3.15. The van der Waals surface area contributed by atoms with Crippen LogP contribution in [0.5, 0.6) is 5.75 Å². The number of methoxy groups -OCH3 is 1. The molecule has 0 saturated heterocycles. The summed E-state index contributed by atoms with van der Waals surface area (Å²) in [6.45, 7) is 0. The van der Waals surface area contributed by atoms with E-state index in [1.54, 1.807) is 23.5 Å². The van der Waals surface area contributed by atoms with Crippen LogP contribution < -0.4 is 4.74 Å². The zero-order valence-electron chi connectivity index (χ0n) is 15.6. The fourth-order valence-corrected chi connectivity index (χ4v) is 4.74. The monoisotopic (exact) mass is 423 g/mol. The topological polar surface area (TPSA) is 65.5 Å². The maximum Gasteiger partial charge on any atom is 0.341 e. The smallest absolute Gasteiger partial charge is 0.341 e. The molecule has 0 saturated carbocycles. The molecule has 4 aromatic rings. The third kappa shape index (κ3) is 4.41. The van der Waals surface area contributed by atoms with Crippen molar-refractivity contribution in [2.45, 2.75) is 5.75 Å². The van der Waals surface area contributed by atoms with Crippen LogP contribution in [0.15, 0.2) is 60.7 Å². The number of nitrogens with zero attached hydrogens (tertiary/aromatic N) is 1. The van der Waals surface area contributed by atoms with Gasteiger partial charge in [0, 0.05) is 5.75 Å². The summed E-state index contributed by atoms with van der Waals surface area (Å²) in [5, 5.41) is 2.72. The summed E-state index contributed by atoms with van der Waals surface area (Å²) >= 11 is 3.05. The number of thiazole rings is 1. The normalized spacial score (nSPS) is 10.9. The van der Waals surface area contributed by atoms with E-state index < -0.39 is 11.9 Å². The fraction of sp³-hybridized carbons (Fsp3) is 0.136. The first-order chi connectivity index (χ1) is 14.1. The molecule has 0 spiro atoms. The van der Waals surface area contributed by atoms with Gasteiger partial charge in [-0.25, -0.2) is 9.78 Å². The lowest BCUT2D eigenvalue weighted by Crippen LogP contribution is -2.14. The maximum atomic E-state index is 12.4. The van der Waals surface area contributed by atoms with Crippen molar-refractivity contribution >= 4 is 56.0 Å². The van der Waals surface area contributed by atoms with Gasteiger partial charge in [0.1, 0.15) is 16.3 Å². The van der Waals surface area contributed by atoms with Gasteiger partial charge in [0.2, 0.25) is 0 Å². The second-order valence-corrected chi connectivity index (χ2v) is 8.33. The van der Waals surface area contributed by atoms with E-state index in [4.69, 9.17) is 9.47 Å². The number of benzene rings is 3. The van der Waals surface area contributed by atoms with Crippen molar-refractivity contribution in [2.24, 2.45) is 0 Å². The first-order valence-electron chi connectivity index (χ1n) is 8.88. The molecule has 0 atom stereocenters. The van der Waals surface area contributed by atoms with Crippen molar-refractivity contribution in [3.63, 3.8) is 0 Å². The van der Waals surface area contributed by atoms with E-state index in [2.05, 4.69) is 4.98 Å². The summed E-state index contributed by atoms with van der Waals surface area (Å²) in [6.07, 6.45) is 0. The molecule has 0 aliphatic heterocycles. The number of carbonyl (C=O) groups excluding carboxylic acids is 2. The number of rotatable bonds is 6. The Balaban J connectivity index is 1.44. The van der Waals surface area contributed by atoms with Crippen LogP contribution in [0.3, 0.4) is 0 Å². The molecule has 0 fully saturated rings. The van der Waals surface area contributed by atoms with Crippen LogP contribution in [0.2, 0.25) is 0 Å². The number of hydrogen-bond acceptors (Lipinski definition) is 7. The quantitative estimate of drug-likeness (QED) is 0.318. The van der Waals surface area contributed by atoms with E-state index in [-0.39, 0.29) is 17.1 Å². The van der Waals surface area contributed by atoms with Crippen molar-refractivity contribution in [3.8, 4) is 5.75 Å². The van der Waals surface area contributed by atoms with Gasteiger partial charge >= 0.3 is 11.9 Å². The van der Waals surface area contributed by atoms with E-state index >= 15 is 0 Å². The third-order valence-electron chi connectivity index (χ3n) is 4.26. The average molecular weight is 424 g/mol. The van der Waals surface area contributed by atoms with Crippen LogP contribution >= 0.6 is 23.1 Å². The Hall–Kier alpha value is -2.90. The molecule has 0 amide bonds. The molecule has 0 aliphatic rings. The highest BCUT2D eigenvalue weighted by Crippen LogP contribution is 2.28. The summed E-state index contributed by atoms with van der Waals surface area (Å²) in [5.41, 5.74) is 1.20. The molecule has 3 aromatic carbocycles. The largest absolute Gasteiger partial charge is 0.465 e. The molecule has 29 heavy (non-hydrogen) atoms. The molecule has 0 aliphatic carbocycles. The minimum absolute atomic E-state index is 0.156. The molecular weight excluding hydrogens is 406 g/mol. The molecule has 5 nitrogen and oxygen atoms in total. The van der Waals surface area contributed by atoms with E-state index in [0.717, 1.165) is 26.0 Å². The lowest BCUT2D eigenvalue weighted by molar-refractivity contribution is -0.131. The Morgan fingerprint density at radius 3 is 2.52 bits per heavy atom. The molecule has 0 radical (unpaired) electrons. The summed E-state index contributed by atoms with van der Waals surface area (Å²) in [7, 11) is 1.30. The Labute approximate surface area is 175 Å².